The van der Waals surface area contributed by atoms with E-state index in [0.29, 0.717) is 6.54 Å². The van der Waals surface area contributed by atoms with Crippen molar-refractivity contribution in [2.24, 2.45) is 5.73 Å². The van der Waals surface area contributed by atoms with Crippen LogP contribution < -0.4 is 5.73 Å². The number of carbonyl (C=O) groups excluding carboxylic acids is 1. The van der Waals surface area contributed by atoms with E-state index >= 15 is 0 Å². The maximum atomic E-state index is 12.3. The minimum absolute atomic E-state index is 0.0140. The van der Waals surface area contributed by atoms with Crippen LogP contribution in [0, 0.1) is 0 Å². The molecule has 0 radical (unpaired) electrons. The first kappa shape index (κ1) is 15.0. The van der Waals surface area contributed by atoms with Gasteiger partial charge in [0.05, 0.1) is 18.5 Å². The molecule has 2 unspecified atom stereocenters. The van der Waals surface area contributed by atoms with Crippen molar-refractivity contribution in [3.05, 3.63) is 34.3 Å². The van der Waals surface area contributed by atoms with E-state index in [0.717, 1.165) is 22.9 Å². The van der Waals surface area contributed by atoms with Gasteiger partial charge in [0.15, 0.2) is 0 Å². The standard InChI is InChI=1S/C14H17BrN2O3/c15-10-4-1-3-9(7-10)12-5-2-6-17(12)14(20)11(16)8-13(18)19/h1,3-4,7,11-12H,2,5-6,8,16H2,(H,18,19). The molecule has 5 nitrogen and oxygen atoms in total. The number of hydrogen-bond donors (Lipinski definition) is 2. The summed E-state index contributed by atoms with van der Waals surface area (Å²) in [5.74, 6) is -1.33. The van der Waals surface area contributed by atoms with E-state index in [2.05, 4.69) is 15.9 Å². The van der Waals surface area contributed by atoms with E-state index in [4.69, 9.17) is 10.8 Å². The number of hydrogen-bond acceptors (Lipinski definition) is 3. The smallest absolute Gasteiger partial charge is 0.305 e. The molecule has 20 heavy (non-hydrogen) atoms. The van der Waals surface area contributed by atoms with Gasteiger partial charge in [-0.05, 0) is 30.5 Å². The highest BCUT2D eigenvalue weighted by Crippen LogP contribution is 2.33. The first-order valence-electron chi connectivity index (χ1n) is 6.52. The summed E-state index contributed by atoms with van der Waals surface area (Å²) in [6.07, 6.45) is 1.45. The van der Waals surface area contributed by atoms with Crippen LogP contribution in [0.3, 0.4) is 0 Å². The van der Waals surface area contributed by atoms with Crippen molar-refractivity contribution in [2.75, 3.05) is 6.54 Å². The molecule has 1 fully saturated rings. The number of amides is 1. The SMILES string of the molecule is NC(CC(=O)O)C(=O)N1CCCC1c1cccc(Br)c1. The van der Waals surface area contributed by atoms with Crippen LogP contribution in [0.1, 0.15) is 30.9 Å². The van der Waals surface area contributed by atoms with E-state index in [-0.39, 0.29) is 18.4 Å². The van der Waals surface area contributed by atoms with Crippen LogP contribution in [0.4, 0.5) is 0 Å². The zero-order chi connectivity index (χ0) is 14.7. The molecule has 1 saturated heterocycles. The molecule has 0 spiro atoms. The third-order valence-corrected chi connectivity index (χ3v) is 3.97. The second-order valence-corrected chi connectivity index (χ2v) is 5.86. The van der Waals surface area contributed by atoms with Crippen LogP contribution in [0.15, 0.2) is 28.7 Å². The Balaban J connectivity index is 2.15. The highest BCUT2D eigenvalue weighted by molar-refractivity contribution is 9.10. The van der Waals surface area contributed by atoms with Crippen molar-refractivity contribution in [1.29, 1.82) is 0 Å². The number of rotatable bonds is 4. The van der Waals surface area contributed by atoms with Gasteiger partial charge in [0.1, 0.15) is 0 Å². The summed E-state index contributed by atoms with van der Waals surface area (Å²) >= 11 is 3.42. The average Bonchev–Trinajstić information content (AvgIpc) is 2.86. The summed E-state index contributed by atoms with van der Waals surface area (Å²) in [5.41, 5.74) is 6.74. The monoisotopic (exact) mass is 340 g/mol. The summed E-state index contributed by atoms with van der Waals surface area (Å²) in [6, 6.07) is 6.83. The van der Waals surface area contributed by atoms with Gasteiger partial charge in [-0.15, -0.1) is 0 Å². The number of nitrogens with zero attached hydrogens (tertiary/aromatic N) is 1. The third kappa shape index (κ3) is 3.37. The van der Waals surface area contributed by atoms with Crippen molar-refractivity contribution in [1.82, 2.24) is 4.90 Å². The lowest BCUT2D eigenvalue weighted by molar-refractivity contribution is -0.142. The van der Waals surface area contributed by atoms with Gasteiger partial charge < -0.3 is 15.7 Å². The van der Waals surface area contributed by atoms with E-state index in [1.54, 1.807) is 4.90 Å². The number of carbonyl (C=O) groups is 2. The number of likely N-dealkylation sites (tertiary alicyclic amines) is 1. The van der Waals surface area contributed by atoms with Gasteiger partial charge in [-0.25, -0.2) is 0 Å². The van der Waals surface area contributed by atoms with Gasteiger partial charge in [0, 0.05) is 11.0 Å². The number of benzene rings is 1. The van der Waals surface area contributed by atoms with Crippen molar-refractivity contribution in [3.63, 3.8) is 0 Å². The van der Waals surface area contributed by atoms with E-state index in [1.165, 1.54) is 0 Å². The topological polar surface area (TPSA) is 83.6 Å². The molecule has 1 amide bonds. The normalized spacial score (nSPS) is 19.9. The quantitative estimate of drug-likeness (QED) is 0.876. The Kier molecular flexibility index (Phi) is 4.77. The molecule has 1 aliphatic rings. The zero-order valence-corrected chi connectivity index (χ0v) is 12.5. The third-order valence-electron chi connectivity index (χ3n) is 3.48. The molecule has 6 heteroatoms. The van der Waals surface area contributed by atoms with Crippen LogP contribution >= 0.6 is 15.9 Å². The number of nitrogens with two attached hydrogens (primary N) is 1. The Morgan fingerprint density at radius 3 is 2.90 bits per heavy atom. The summed E-state index contributed by atoms with van der Waals surface area (Å²) in [5, 5.41) is 8.74. The van der Waals surface area contributed by atoms with Crippen LogP contribution in [0.25, 0.3) is 0 Å². The molecule has 1 aromatic carbocycles. The Morgan fingerprint density at radius 2 is 2.25 bits per heavy atom. The van der Waals surface area contributed by atoms with Crippen molar-refractivity contribution in [3.8, 4) is 0 Å². The van der Waals surface area contributed by atoms with Gasteiger partial charge in [0.25, 0.3) is 0 Å². The number of halogens is 1. The molecular weight excluding hydrogens is 324 g/mol. The lowest BCUT2D eigenvalue weighted by Crippen LogP contribution is -2.44. The van der Waals surface area contributed by atoms with Gasteiger partial charge in [-0.2, -0.15) is 0 Å². The van der Waals surface area contributed by atoms with Gasteiger partial charge in [-0.1, -0.05) is 28.1 Å². The molecule has 0 bridgehead atoms. The van der Waals surface area contributed by atoms with Gasteiger partial charge in [-0.3, -0.25) is 9.59 Å². The van der Waals surface area contributed by atoms with Crippen molar-refractivity contribution < 1.29 is 14.7 Å². The van der Waals surface area contributed by atoms with Crippen LogP contribution in [0.2, 0.25) is 0 Å². The Labute approximate surface area is 125 Å². The molecule has 1 aromatic rings. The molecule has 2 rings (SSSR count). The predicted octanol–water partition coefficient (Wildman–Crippen LogP) is 1.91. The summed E-state index contributed by atoms with van der Waals surface area (Å²) in [4.78, 5) is 24.6. The van der Waals surface area contributed by atoms with E-state index < -0.39 is 12.0 Å². The molecule has 1 aliphatic heterocycles. The minimum atomic E-state index is -1.05. The highest BCUT2D eigenvalue weighted by atomic mass is 79.9. The maximum absolute atomic E-state index is 12.3. The lowest BCUT2D eigenvalue weighted by Gasteiger charge is -2.27. The van der Waals surface area contributed by atoms with Crippen LogP contribution in [-0.2, 0) is 9.59 Å². The predicted molar refractivity (Wildman–Crippen MR) is 78.1 cm³/mol. The second-order valence-electron chi connectivity index (χ2n) is 4.95. The molecule has 108 valence electrons. The number of carboxylic acid groups (broad SMARTS) is 1. The largest absolute Gasteiger partial charge is 0.481 e. The van der Waals surface area contributed by atoms with Crippen LogP contribution in [0.5, 0.6) is 0 Å². The van der Waals surface area contributed by atoms with Gasteiger partial charge in [0.2, 0.25) is 5.91 Å². The molecule has 0 saturated carbocycles. The maximum Gasteiger partial charge on any atom is 0.305 e. The van der Waals surface area contributed by atoms with Crippen molar-refractivity contribution >= 4 is 27.8 Å². The summed E-state index contributed by atoms with van der Waals surface area (Å²) in [7, 11) is 0. The molecule has 0 aliphatic carbocycles. The summed E-state index contributed by atoms with van der Waals surface area (Å²) < 4.78 is 0.962. The first-order valence-corrected chi connectivity index (χ1v) is 7.31. The Bertz CT molecular complexity index is 521. The first-order chi connectivity index (χ1) is 9.49. The molecule has 3 N–H and O–H groups in total. The lowest BCUT2D eigenvalue weighted by atomic mass is 10.0. The van der Waals surface area contributed by atoms with Crippen molar-refractivity contribution in [2.45, 2.75) is 31.3 Å². The molecule has 0 aromatic heterocycles. The minimum Gasteiger partial charge on any atom is -0.481 e. The number of carboxylic acids is 1. The van der Waals surface area contributed by atoms with Crippen LogP contribution in [-0.4, -0.2) is 34.5 Å². The van der Waals surface area contributed by atoms with E-state index in [1.807, 2.05) is 24.3 Å². The Morgan fingerprint density at radius 1 is 1.50 bits per heavy atom. The second kappa shape index (κ2) is 6.37. The molecule has 2 atom stereocenters. The van der Waals surface area contributed by atoms with E-state index in [9.17, 15) is 9.59 Å². The summed E-state index contributed by atoms with van der Waals surface area (Å²) in [6.45, 7) is 0.628. The fraction of sp³-hybridized carbons (Fsp3) is 0.429. The number of aliphatic carboxylic acids is 1. The Hall–Kier alpha value is -1.40. The average molecular weight is 341 g/mol. The molecular formula is C14H17BrN2O3. The van der Waals surface area contributed by atoms with Gasteiger partial charge >= 0.3 is 5.97 Å². The zero-order valence-electron chi connectivity index (χ0n) is 11.0. The fourth-order valence-corrected chi connectivity index (χ4v) is 3.00. The fourth-order valence-electron chi connectivity index (χ4n) is 2.58. The highest BCUT2D eigenvalue weighted by Gasteiger charge is 2.33. The molecule has 1 heterocycles.